The second-order valence-electron chi connectivity index (χ2n) is 6.96. The van der Waals surface area contributed by atoms with E-state index in [-0.39, 0.29) is 11.8 Å². The summed E-state index contributed by atoms with van der Waals surface area (Å²) in [4.78, 5) is 24.0. The second kappa shape index (κ2) is 7.14. The number of ether oxygens (including phenoxy) is 1. The van der Waals surface area contributed by atoms with E-state index < -0.39 is 16.1 Å². The van der Waals surface area contributed by atoms with Gasteiger partial charge in [0.15, 0.2) is 0 Å². The number of nitrogens with two attached hydrogens (primary N) is 1. The van der Waals surface area contributed by atoms with Crippen molar-refractivity contribution in [3.05, 3.63) is 11.8 Å². The molecule has 0 aliphatic carbocycles. The number of aromatic nitrogens is 1. The molecule has 1 aromatic heterocycles. The van der Waals surface area contributed by atoms with E-state index in [1.165, 1.54) is 6.07 Å². The van der Waals surface area contributed by atoms with Gasteiger partial charge in [0.1, 0.15) is 5.69 Å². The minimum Gasteiger partial charge on any atom is -0.381 e. The molecule has 0 bridgehead atoms. The van der Waals surface area contributed by atoms with Gasteiger partial charge in [-0.15, -0.1) is 11.8 Å². The van der Waals surface area contributed by atoms with E-state index in [4.69, 9.17) is 15.0 Å². The summed E-state index contributed by atoms with van der Waals surface area (Å²) in [6.45, 7) is 8.56. The molecular weight excluding hydrogens is 330 g/mol. The molecule has 2 rings (SSSR count). The Balaban J connectivity index is 2.00. The highest BCUT2D eigenvalue weighted by molar-refractivity contribution is 8.02. The summed E-state index contributed by atoms with van der Waals surface area (Å²) in [6, 6.07) is 1.54. The summed E-state index contributed by atoms with van der Waals surface area (Å²) in [7, 11) is 0. The van der Waals surface area contributed by atoms with Gasteiger partial charge in [0.2, 0.25) is 17.7 Å². The van der Waals surface area contributed by atoms with E-state index in [2.05, 4.69) is 10.5 Å². The first-order valence-corrected chi connectivity index (χ1v) is 8.85. The fourth-order valence-electron chi connectivity index (χ4n) is 2.28. The summed E-state index contributed by atoms with van der Waals surface area (Å²) in [5, 5.41) is 6.98. The van der Waals surface area contributed by atoms with Gasteiger partial charge in [0, 0.05) is 24.5 Å². The average Bonchev–Trinajstić information content (AvgIpc) is 2.97. The molecule has 1 aliphatic rings. The standard InChI is InChI=1S/C16H25N3O4S/c1-15(2,13(17)20)11-9-12(23-19-11)18-14(21)16(3,4)24-10-5-7-22-8-6-10/h9-10H,5-8H2,1-4H3,(H2,17,20)(H,18,21). The lowest BCUT2D eigenvalue weighted by Crippen LogP contribution is -2.37. The molecular formula is C16H25N3O4S. The van der Waals surface area contributed by atoms with Crippen LogP contribution in [0.2, 0.25) is 0 Å². The van der Waals surface area contributed by atoms with Crippen molar-refractivity contribution >= 4 is 29.5 Å². The molecule has 1 saturated heterocycles. The maximum Gasteiger partial charge on any atom is 0.242 e. The quantitative estimate of drug-likeness (QED) is 0.809. The van der Waals surface area contributed by atoms with Crippen molar-refractivity contribution < 1.29 is 18.8 Å². The zero-order chi connectivity index (χ0) is 18.0. The topological polar surface area (TPSA) is 107 Å². The smallest absolute Gasteiger partial charge is 0.242 e. The van der Waals surface area contributed by atoms with Crippen LogP contribution in [0.3, 0.4) is 0 Å². The van der Waals surface area contributed by atoms with Crippen LogP contribution < -0.4 is 11.1 Å². The third kappa shape index (κ3) is 4.30. The van der Waals surface area contributed by atoms with Crippen molar-refractivity contribution in [3.63, 3.8) is 0 Å². The monoisotopic (exact) mass is 355 g/mol. The number of carbonyl (C=O) groups is 2. The number of amides is 2. The van der Waals surface area contributed by atoms with Gasteiger partial charge in [0.05, 0.1) is 10.2 Å². The Morgan fingerprint density at radius 1 is 1.29 bits per heavy atom. The summed E-state index contributed by atoms with van der Waals surface area (Å²) < 4.78 is 9.87. The minimum atomic E-state index is -0.959. The molecule has 7 nitrogen and oxygen atoms in total. The minimum absolute atomic E-state index is 0.168. The molecule has 1 fully saturated rings. The molecule has 8 heteroatoms. The van der Waals surface area contributed by atoms with Crippen LogP contribution in [0.25, 0.3) is 0 Å². The molecule has 24 heavy (non-hydrogen) atoms. The molecule has 3 N–H and O–H groups in total. The lowest BCUT2D eigenvalue weighted by Gasteiger charge is -2.30. The average molecular weight is 355 g/mol. The maximum atomic E-state index is 12.6. The van der Waals surface area contributed by atoms with Crippen LogP contribution in [0, 0.1) is 0 Å². The van der Waals surface area contributed by atoms with E-state index in [0.29, 0.717) is 10.9 Å². The van der Waals surface area contributed by atoms with Gasteiger partial charge in [-0.25, -0.2) is 0 Å². The van der Waals surface area contributed by atoms with Crippen LogP contribution in [0.5, 0.6) is 0 Å². The number of nitrogens with zero attached hydrogens (tertiary/aromatic N) is 1. The number of anilines is 1. The third-order valence-electron chi connectivity index (χ3n) is 4.18. The number of thioether (sulfide) groups is 1. The van der Waals surface area contributed by atoms with Gasteiger partial charge in [-0.1, -0.05) is 5.16 Å². The Kier molecular flexibility index (Phi) is 5.59. The first-order valence-electron chi connectivity index (χ1n) is 7.97. The molecule has 0 atom stereocenters. The summed E-state index contributed by atoms with van der Waals surface area (Å²) in [5.41, 5.74) is 4.79. The van der Waals surface area contributed by atoms with E-state index in [1.54, 1.807) is 25.6 Å². The van der Waals surface area contributed by atoms with E-state index in [0.717, 1.165) is 26.1 Å². The van der Waals surface area contributed by atoms with E-state index in [1.807, 2.05) is 13.8 Å². The number of rotatable bonds is 6. The predicted octanol–water partition coefficient (Wildman–Crippen LogP) is 2.07. The van der Waals surface area contributed by atoms with Crippen molar-refractivity contribution in [1.29, 1.82) is 0 Å². The van der Waals surface area contributed by atoms with Crippen molar-refractivity contribution in [2.24, 2.45) is 5.73 Å². The Bertz CT molecular complexity index is 606. The first-order chi connectivity index (χ1) is 11.1. The number of primary amides is 1. The Labute approximate surface area is 146 Å². The van der Waals surface area contributed by atoms with Gasteiger partial charge >= 0.3 is 0 Å². The highest BCUT2D eigenvalue weighted by atomic mass is 32.2. The van der Waals surface area contributed by atoms with Crippen LogP contribution in [0.4, 0.5) is 5.88 Å². The Morgan fingerprint density at radius 2 is 1.92 bits per heavy atom. The SMILES string of the molecule is CC(C)(SC1CCOCC1)C(=O)Nc1cc(C(C)(C)C(N)=O)no1. The third-order valence-corrected chi connectivity index (χ3v) is 5.76. The van der Waals surface area contributed by atoms with Crippen LogP contribution in [-0.4, -0.2) is 40.2 Å². The highest BCUT2D eigenvalue weighted by Gasteiger charge is 2.35. The summed E-state index contributed by atoms with van der Waals surface area (Å²) >= 11 is 1.64. The predicted molar refractivity (Wildman–Crippen MR) is 92.9 cm³/mol. The first kappa shape index (κ1) is 18.8. The molecule has 2 amide bonds. The number of nitrogens with one attached hydrogen (secondary N) is 1. The number of carbonyl (C=O) groups excluding carboxylic acids is 2. The van der Waals surface area contributed by atoms with Crippen molar-refractivity contribution in [3.8, 4) is 0 Å². The van der Waals surface area contributed by atoms with Crippen molar-refractivity contribution in [2.75, 3.05) is 18.5 Å². The molecule has 0 unspecified atom stereocenters. The molecule has 1 aromatic rings. The molecule has 2 heterocycles. The Morgan fingerprint density at radius 3 is 2.50 bits per heavy atom. The van der Waals surface area contributed by atoms with Crippen LogP contribution in [-0.2, 0) is 19.7 Å². The van der Waals surface area contributed by atoms with Crippen LogP contribution in [0.1, 0.15) is 46.2 Å². The fourth-order valence-corrected chi connectivity index (χ4v) is 3.70. The van der Waals surface area contributed by atoms with Crippen LogP contribution >= 0.6 is 11.8 Å². The van der Waals surface area contributed by atoms with E-state index >= 15 is 0 Å². The molecule has 0 radical (unpaired) electrons. The molecule has 134 valence electrons. The zero-order valence-electron chi connectivity index (χ0n) is 14.5. The van der Waals surface area contributed by atoms with Gasteiger partial charge in [-0.05, 0) is 40.5 Å². The van der Waals surface area contributed by atoms with Gasteiger partial charge < -0.3 is 15.0 Å². The highest BCUT2D eigenvalue weighted by Crippen LogP contribution is 2.35. The lowest BCUT2D eigenvalue weighted by atomic mass is 9.89. The Hall–Kier alpha value is -1.54. The van der Waals surface area contributed by atoms with Crippen molar-refractivity contribution in [1.82, 2.24) is 5.16 Å². The van der Waals surface area contributed by atoms with Gasteiger partial charge in [-0.3, -0.25) is 14.9 Å². The maximum absolute atomic E-state index is 12.6. The van der Waals surface area contributed by atoms with Gasteiger partial charge in [-0.2, -0.15) is 0 Å². The van der Waals surface area contributed by atoms with Gasteiger partial charge in [0.25, 0.3) is 0 Å². The number of hydrogen-bond donors (Lipinski definition) is 2. The van der Waals surface area contributed by atoms with Crippen LogP contribution in [0.15, 0.2) is 10.6 Å². The molecule has 0 spiro atoms. The molecule has 0 aromatic carbocycles. The zero-order valence-corrected chi connectivity index (χ0v) is 15.4. The lowest BCUT2D eigenvalue weighted by molar-refractivity contribution is -0.122. The summed E-state index contributed by atoms with van der Waals surface area (Å²) in [6.07, 6.45) is 1.89. The fraction of sp³-hybridized carbons (Fsp3) is 0.688. The summed E-state index contributed by atoms with van der Waals surface area (Å²) in [5.74, 6) is -0.465. The number of hydrogen-bond acceptors (Lipinski definition) is 6. The normalized spacial score (nSPS) is 16.8. The molecule has 0 saturated carbocycles. The van der Waals surface area contributed by atoms with Crippen molar-refractivity contribution in [2.45, 2.75) is 55.9 Å². The largest absolute Gasteiger partial charge is 0.381 e. The second-order valence-corrected chi connectivity index (χ2v) is 8.88. The van der Waals surface area contributed by atoms with E-state index in [9.17, 15) is 9.59 Å². The molecule has 1 aliphatic heterocycles.